The summed E-state index contributed by atoms with van der Waals surface area (Å²) >= 11 is -0.826. The van der Waals surface area contributed by atoms with Crippen molar-refractivity contribution in [1.82, 2.24) is 0 Å². The fourth-order valence-electron chi connectivity index (χ4n) is 6.45. The molecule has 5 rings (SSSR count). The molecule has 0 spiro atoms. The van der Waals surface area contributed by atoms with Crippen LogP contribution in [-0.4, -0.2) is 8.32 Å². The Morgan fingerprint density at radius 3 is 2.13 bits per heavy atom. The topological polar surface area (TPSA) is 23.3 Å². The van der Waals surface area contributed by atoms with Gasteiger partial charge in [0, 0.05) is 5.54 Å². The maximum absolute atomic E-state index is 7.18. The molecule has 1 aliphatic rings. The first-order valence-corrected chi connectivity index (χ1v) is 25.2. The Kier molecular flexibility index (Phi) is 14.5. The third-order valence-corrected chi connectivity index (χ3v) is 11.5. The minimum atomic E-state index is -2.29. The first-order chi connectivity index (χ1) is 21.5. The van der Waals surface area contributed by atoms with Crippen molar-refractivity contribution >= 4 is 37.1 Å². The molecule has 242 valence electrons. The maximum atomic E-state index is 7.18. The number of nitrogens with zero attached hydrogens (tertiary/aromatic N) is 1. The predicted octanol–water partition coefficient (Wildman–Crippen LogP) is 13.7. The van der Waals surface area contributed by atoms with E-state index in [9.17, 15) is 0 Å². The molecular formula is C40H49Cl2NOSiZr. The Bertz CT molecular complexity index is 1560. The van der Waals surface area contributed by atoms with Gasteiger partial charge in [-0.15, -0.1) is 5.69 Å². The normalized spacial score (nSPS) is 14.5. The van der Waals surface area contributed by atoms with Gasteiger partial charge in [-0.25, -0.2) is 0 Å². The summed E-state index contributed by atoms with van der Waals surface area (Å²) in [6.07, 6.45) is 5.70. The van der Waals surface area contributed by atoms with Crippen molar-refractivity contribution in [2.24, 2.45) is 0 Å². The van der Waals surface area contributed by atoms with Crippen LogP contribution in [0, 0.1) is 7.43 Å². The van der Waals surface area contributed by atoms with Crippen LogP contribution in [0.3, 0.4) is 0 Å². The quantitative estimate of drug-likeness (QED) is 0.117. The number of hydrogen-bond acceptors (Lipinski definition) is 1. The van der Waals surface area contributed by atoms with Gasteiger partial charge in [0.1, 0.15) is 5.75 Å². The minimum absolute atomic E-state index is 0. The summed E-state index contributed by atoms with van der Waals surface area (Å²) in [7, 11) is 7.57. The molecule has 0 heterocycles. The van der Waals surface area contributed by atoms with E-state index in [2.05, 4.69) is 145 Å². The number of unbranched alkanes of at least 4 members (excludes halogenated alkanes) is 1. The van der Waals surface area contributed by atoms with Gasteiger partial charge < -0.3 is 17.2 Å². The van der Waals surface area contributed by atoms with E-state index in [0.717, 1.165) is 30.7 Å². The predicted molar refractivity (Wildman–Crippen MR) is 201 cm³/mol. The molecule has 1 aliphatic carbocycles. The van der Waals surface area contributed by atoms with Gasteiger partial charge >= 0.3 is 37.9 Å². The van der Waals surface area contributed by atoms with Crippen LogP contribution in [-0.2, 0) is 26.3 Å². The van der Waals surface area contributed by atoms with Gasteiger partial charge in [-0.3, -0.25) is 0 Å². The zero-order valence-electron chi connectivity index (χ0n) is 28.7. The van der Waals surface area contributed by atoms with E-state index in [1.165, 1.54) is 39.0 Å². The molecule has 0 N–H and O–H groups in total. The Hall–Kier alpha value is -2.10. The molecule has 2 atom stereocenters. The SMILES string of the molecule is CCCCC([N-]c1ccccc1)c1ccccc1O[Si](C)(C)C1C(C)=Cc2c(-c3ccc(C(C)(C)C)cc3)cccc21.[CH3-].[Cl][Zr+2][Cl]. The Balaban J connectivity index is 0.00000139. The number of benzene rings is 4. The molecule has 0 aliphatic heterocycles. The summed E-state index contributed by atoms with van der Waals surface area (Å²) < 4.78 is 7.18. The Morgan fingerprint density at radius 1 is 0.870 bits per heavy atom. The summed E-state index contributed by atoms with van der Waals surface area (Å²) in [5, 5.41) is 5.20. The molecule has 4 aromatic carbocycles. The van der Waals surface area contributed by atoms with Crippen molar-refractivity contribution in [3.05, 3.63) is 138 Å². The van der Waals surface area contributed by atoms with Crippen LogP contribution in [0.4, 0.5) is 5.69 Å². The molecule has 0 aromatic heterocycles. The number of halogens is 2. The van der Waals surface area contributed by atoms with Crippen molar-refractivity contribution in [2.45, 2.75) is 84.0 Å². The van der Waals surface area contributed by atoms with Gasteiger partial charge in [0.2, 0.25) is 0 Å². The number of para-hydroxylation sites is 2. The van der Waals surface area contributed by atoms with Crippen molar-refractivity contribution in [3.8, 4) is 16.9 Å². The molecule has 0 radical (unpaired) electrons. The van der Waals surface area contributed by atoms with E-state index in [1.54, 1.807) is 0 Å². The summed E-state index contributed by atoms with van der Waals surface area (Å²) in [5.41, 5.74) is 10.7. The first kappa shape index (κ1) is 38.3. The molecule has 0 saturated carbocycles. The van der Waals surface area contributed by atoms with Crippen LogP contribution in [0.1, 0.15) is 87.7 Å². The van der Waals surface area contributed by atoms with Gasteiger partial charge in [-0.05, 0) is 64.9 Å². The average molecular weight is 750 g/mol. The zero-order chi connectivity index (χ0) is 32.6. The molecule has 46 heavy (non-hydrogen) atoms. The molecule has 6 heteroatoms. The molecule has 2 nitrogen and oxygen atoms in total. The second-order valence-corrected chi connectivity index (χ2v) is 21.1. The number of hydrogen-bond donors (Lipinski definition) is 0. The molecule has 0 amide bonds. The average Bonchev–Trinajstić information content (AvgIpc) is 3.37. The van der Waals surface area contributed by atoms with Gasteiger partial charge in [0.15, 0.2) is 0 Å². The van der Waals surface area contributed by atoms with Crippen LogP contribution in [0.25, 0.3) is 22.5 Å². The summed E-state index contributed by atoms with van der Waals surface area (Å²) in [6.45, 7) is 16.1. The van der Waals surface area contributed by atoms with Crippen molar-refractivity contribution in [1.29, 1.82) is 0 Å². The zero-order valence-corrected chi connectivity index (χ0v) is 33.7. The Morgan fingerprint density at radius 2 is 1.50 bits per heavy atom. The van der Waals surface area contributed by atoms with E-state index in [1.807, 2.05) is 6.07 Å². The molecular weight excluding hydrogens is 701 g/mol. The van der Waals surface area contributed by atoms with Crippen LogP contribution in [0.2, 0.25) is 13.1 Å². The molecule has 2 unspecified atom stereocenters. The number of rotatable bonds is 10. The van der Waals surface area contributed by atoms with Gasteiger partial charge in [0.25, 0.3) is 8.32 Å². The standard InChI is InChI=1S/C39H46NOSi.CH3.2ClH.Zr/c1-8-9-21-36(40-31-16-11-10-12-17-31)34-18-13-14-22-37(34)41-42(6,7)38-28(2)27-35-32(19-15-20-33(35)38)29-23-25-30(26-24-29)39(3,4)5;;;;/h10-20,22-27,36,38H,8-9,21H2,1-7H3;1H3;2*1H;/q2*-1;;;+4/p-2. The summed E-state index contributed by atoms with van der Waals surface area (Å²) in [5.74, 6) is 0.991. The molecule has 0 bridgehead atoms. The molecule has 0 fully saturated rings. The number of fused-ring (bicyclic) bond motifs is 1. The third-order valence-electron chi connectivity index (χ3n) is 8.58. The second kappa shape index (κ2) is 17.3. The number of allylic oxidation sites excluding steroid dienone is 1. The van der Waals surface area contributed by atoms with Gasteiger partial charge in [-0.1, -0.05) is 156 Å². The third kappa shape index (κ3) is 9.50. The monoisotopic (exact) mass is 747 g/mol. The van der Waals surface area contributed by atoms with E-state index in [0.29, 0.717) is 0 Å². The Labute approximate surface area is 298 Å². The summed E-state index contributed by atoms with van der Waals surface area (Å²) in [6, 6.07) is 35.0. The van der Waals surface area contributed by atoms with Crippen molar-refractivity contribution in [2.75, 3.05) is 0 Å². The van der Waals surface area contributed by atoms with E-state index in [4.69, 9.17) is 26.8 Å². The van der Waals surface area contributed by atoms with Crippen LogP contribution in [0.5, 0.6) is 5.75 Å². The van der Waals surface area contributed by atoms with Crippen molar-refractivity contribution in [3.63, 3.8) is 0 Å². The van der Waals surface area contributed by atoms with E-state index in [-0.39, 0.29) is 24.4 Å². The van der Waals surface area contributed by atoms with Crippen LogP contribution < -0.4 is 4.43 Å². The summed E-state index contributed by atoms with van der Waals surface area (Å²) in [4.78, 5) is 0. The van der Waals surface area contributed by atoms with Crippen molar-refractivity contribution < 1.29 is 25.3 Å². The first-order valence-electron chi connectivity index (χ1n) is 15.9. The molecule has 0 saturated heterocycles. The van der Waals surface area contributed by atoms with E-state index >= 15 is 0 Å². The van der Waals surface area contributed by atoms with Gasteiger partial charge in [0.05, 0.1) is 0 Å². The fraction of sp³-hybridized carbons (Fsp3) is 0.325. The van der Waals surface area contributed by atoms with E-state index < -0.39 is 29.2 Å². The fourth-order valence-corrected chi connectivity index (χ4v) is 9.50. The van der Waals surface area contributed by atoms with Crippen LogP contribution in [0.15, 0.2) is 103 Å². The van der Waals surface area contributed by atoms with Crippen LogP contribution >= 0.6 is 17.0 Å². The molecule has 4 aromatic rings. The second-order valence-electron chi connectivity index (χ2n) is 13.4. The van der Waals surface area contributed by atoms with Gasteiger partial charge in [-0.2, -0.15) is 0 Å².